The molecule has 1 aliphatic heterocycles. The Bertz CT molecular complexity index is 1050. The van der Waals surface area contributed by atoms with Gasteiger partial charge in [0, 0.05) is 30.6 Å². The molecule has 156 valence electrons. The van der Waals surface area contributed by atoms with E-state index in [-0.39, 0.29) is 34.8 Å². The number of morpholine rings is 1. The van der Waals surface area contributed by atoms with E-state index in [0.717, 1.165) is 18.3 Å². The second-order valence-electron chi connectivity index (χ2n) is 6.66. The molecule has 2 aromatic rings. The van der Waals surface area contributed by atoms with E-state index in [1.54, 1.807) is 6.92 Å². The van der Waals surface area contributed by atoms with Crippen molar-refractivity contribution in [3.05, 3.63) is 47.0 Å². The molecular formula is C19H20F3N3O3S. The molecule has 0 amide bonds. The Labute approximate surface area is 166 Å². The molecule has 1 aliphatic rings. The third kappa shape index (κ3) is 4.14. The molecule has 1 heterocycles. The summed E-state index contributed by atoms with van der Waals surface area (Å²) in [5.74, 6) is 0. The van der Waals surface area contributed by atoms with Crippen LogP contribution in [-0.2, 0) is 20.9 Å². The molecule has 2 aromatic carbocycles. The first kappa shape index (κ1) is 21.3. The molecule has 0 aromatic heterocycles. The predicted octanol–water partition coefficient (Wildman–Crippen LogP) is 3.28. The fourth-order valence-corrected chi connectivity index (χ4v) is 4.75. The monoisotopic (exact) mass is 427 g/mol. The maximum atomic E-state index is 13.2. The first-order chi connectivity index (χ1) is 13.6. The lowest BCUT2D eigenvalue weighted by molar-refractivity contribution is -0.137. The van der Waals surface area contributed by atoms with Crippen LogP contribution in [0.25, 0.3) is 11.1 Å². The molecule has 0 radical (unpaired) electrons. The van der Waals surface area contributed by atoms with Gasteiger partial charge in [-0.2, -0.15) is 17.5 Å². The van der Waals surface area contributed by atoms with Crippen LogP contribution in [0.15, 0.2) is 35.2 Å². The van der Waals surface area contributed by atoms with Gasteiger partial charge in [-0.05, 0) is 47.9 Å². The van der Waals surface area contributed by atoms with Gasteiger partial charge in [-0.25, -0.2) is 8.42 Å². The van der Waals surface area contributed by atoms with Crippen LogP contribution in [0.4, 0.5) is 18.9 Å². The van der Waals surface area contributed by atoms with Crippen molar-refractivity contribution in [3.8, 4) is 11.1 Å². The second-order valence-corrected chi connectivity index (χ2v) is 8.60. The maximum absolute atomic E-state index is 13.2. The number of rotatable bonds is 4. The van der Waals surface area contributed by atoms with Crippen molar-refractivity contribution < 1.29 is 26.3 Å². The Kier molecular flexibility index (Phi) is 5.70. The van der Waals surface area contributed by atoms with Crippen LogP contribution >= 0.6 is 0 Å². The van der Waals surface area contributed by atoms with E-state index < -0.39 is 21.8 Å². The highest BCUT2D eigenvalue weighted by molar-refractivity contribution is 7.89. The lowest BCUT2D eigenvalue weighted by atomic mass is 9.93. The highest BCUT2D eigenvalue weighted by Crippen LogP contribution is 2.38. The molecule has 29 heavy (non-hydrogen) atoms. The van der Waals surface area contributed by atoms with Gasteiger partial charge in [-0.3, -0.25) is 0 Å². The standard InChI is InChI=1S/C19H20F3N3O3S/c1-12-8-14(29(26,27)25-4-6-28-7-5-25)2-3-15(12)16-9-13(19(20,21)22)10-18(24)17(16)11-23/h2-3,8-11,23H,4-7,24H2,1H3. The highest BCUT2D eigenvalue weighted by atomic mass is 32.2. The number of anilines is 1. The van der Waals surface area contributed by atoms with Gasteiger partial charge in [-0.15, -0.1) is 0 Å². The van der Waals surface area contributed by atoms with E-state index >= 15 is 0 Å². The van der Waals surface area contributed by atoms with Crippen LogP contribution < -0.4 is 5.73 Å². The van der Waals surface area contributed by atoms with Crippen LogP contribution in [-0.4, -0.2) is 45.2 Å². The number of ether oxygens (including phenoxy) is 1. The van der Waals surface area contributed by atoms with Crippen molar-refractivity contribution in [2.24, 2.45) is 0 Å². The molecule has 0 unspecified atom stereocenters. The average molecular weight is 427 g/mol. The maximum Gasteiger partial charge on any atom is 0.416 e. The molecule has 1 fully saturated rings. The summed E-state index contributed by atoms with van der Waals surface area (Å²) in [4.78, 5) is 0.0528. The summed E-state index contributed by atoms with van der Waals surface area (Å²) in [6, 6.07) is 5.94. The van der Waals surface area contributed by atoms with E-state index in [1.807, 2.05) is 0 Å². The Morgan fingerprint density at radius 3 is 2.34 bits per heavy atom. The van der Waals surface area contributed by atoms with E-state index in [1.165, 1.54) is 22.5 Å². The van der Waals surface area contributed by atoms with Crippen LogP contribution in [0.3, 0.4) is 0 Å². The van der Waals surface area contributed by atoms with Crippen molar-refractivity contribution in [3.63, 3.8) is 0 Å². The number of hydrogen-bond donors (Lipinski definition) is 2. The third-order valence-electron chi connectivity index (χ3n) is 4.78. The van der Waals surface area contributed by atoms with Crippen LogP contribution in [0.1, 0.15) is 16.7 Å². The lowest BCUT2D eigenvalue weighted by Gasteiger charge is -2.26. The zero-order chi connectivity index (χ0) is 21.4. The molecule has 0 spiro atoms. The number of alkyl halides is 3. The number of nitrogens with zero attached hydrogens (tertiary/aromatic N) is 1. The number of hydrogen-bond acceptors (Lipinski definition) is 5. The highest BCUT2D eigenvalue weighted by Gasteiger charge is 2.32. The van der Waals surface area contributed by atoms with Gasteiger partial charge in [0.05, 0.1) is 23.7 Å². The van der Waals surface area contributed by atoms with Gasteiger partial charge >= 0.3 is 6.18 Å². The minimum atomic E-state index is -4.60. The number of halogens is 3. The summed E-state index contributed by atoms with van der Waals surface area (Å²) in [5, 5.41) is 7.55. The summed E-state index contributed by atoms with van der Waals surface area (Å²) < 4.78 is 71.8. The fraction of sp³-hybridized carbons (Fsp3) is 0.316. The molecule has 0 atom stereocenters. The summed E-state index contributed by atoms with van der Waals surface area (Å²) in [6.07, 6.45) is -3.71. The average Bonchev–Trinajstić information content (AvgIpc) is 2.67. The number of nitrogen functional groups attached to an aromatic ring is 1. The Morgan fingerprint density at radius 1 is 1.14 bits per heavy atom. The smallest absolute Gasteiger partial charge is 0.398 e. The number of aryl methyl sites for hydroxylation is 1. The van der Waals surface area contributed by atoms with Crippen LogP contribution in [0.5, 0.6) is 0 Å². The summed E-state index contributed by atoms with van der Waals surface area (Å²) in [6.45, 7) is 2.71. The molecule has 3 N–H and O–H groups in total. The van der Waals surface area contributed by atoms with Crippen molar-refractivity contribution >= 4 is 21.9 Å². The summed E-state index contributed by atoms with van der Waals surface area (Å²) in [5.41, 5.74) is 5.75. The fourth-order valence-electron chi connectivity index (χ4n) is 3.26. The SMILES string of the molecule is Cc1cc(S(=O)(=O)N2CCOCC2)ccc1-c1cc(C(F)(F)F)cc(N)c1C=N. The first-order valence-corrected chi connectivity index (χ1v) is 10.2. The Balaban J connectivity index is 2.10. The van der Waals surface area contributed by atoms with Crippen molar-refractivity contribution in [2.75, 3.05) is 32.0 Å². The Hall–Kier alpha value is -2.43. The first-order valence-electron chi connectivity index (χ1n) is 8.76. The number of sulfonamides is 1. The van der Waals surface area contributed by atoms with Crippen molar-refractivity contribution in [1.82, 2.24) is 4.31 Å². The van der Waals surface area contributed by atoms with E-state index in [0.29, 0.717) is 24.3 Å². The minimum Gasteiger partial charge on any atom is -0.398 e. The molecule has 0 bridgehead atoms. The van der Waals surface area contributed by atoms with Gasteiger partial charge in [-0.1, -0.05) is 6.07 Å². The van der Waals surface area contributed by atoms with Crippen LogP contribution in [0.2, 0.25) is 0 Å². The van der Waals surface area contributed by atoms with Crippen LogP contribution in [0, 0.1) is 12.3 Å². The van der Waals surface area contributed by atoms with Gasteiger partial charge < -0.3 is 15.9 Å². The molecule has 6 nitrogen and oxygen atoms in total. The lowest BCUT2D eigenvalue weighted by Crippen LogP contribution is -2.40. The number of nitrogens with one attached hydrogen (secondary N) is 1. The molecular weight excluding hydrogens is 407 g/mol. The van der Waals surface area contributed by atoms with Gasteiger partial charge in [0.2, 0.25) is 10.0 Å². The predicted molar refractivity (Wildman–Crippen MR) is 103 cm³/mol. The van der Waals surface area contributed by atoms with E-state index in [2.05, 4.69) is 0 Å². The minimum absolute atomic E-state index is 0.0528. The molecule has 0 aliphatic carbocycles. The van der Waals surface area contributed by atoms with E-state index in [9.17, 15) is 21.6 Å². The second kappa shape index (κ2) is 7.77. The topological polar surface area (TPSA) is 96.5 Å². The zero-order valence-electron chi connectivity index (χ0n) is 15.6. The van der Waals surface area contributed by atoms with E-state index in [4.69, 9.17) is 15.9 Å². The molecule has 0 saturated carbocycles. The molecule has 3 rings (SSSR count). The van der Waals surface area contributed by atoms with Gasteiger partial charge in [0.1, 0.15) is 0 Å². The van der Waals surface area contributed by atoms with Gasteiger partial charge in [0.25, 0.3) is 0 Å². The normalized spacial score (nSPS) is 16.0. The number of nitrogens with two attached hydrogens (primary N) is 1. The quantitative estimate of drug-likeness (QED) is 0.578. The number of benzene rings is 2. The van der Waals surface area contributed by atoms with Gasteiger partial charge in [0.15, 0.2) is 0 Å². The largest absolute Gasteiger partial charge is 0.416 e. The summed E-state index contributed by atoms with van der Waals surface area (Å²) >= 11 is 0. The van der Waals surface area contributed by atoms with Crippen molar-refractivity contribution in [2.45, 2.75) is 18.0 Å². The molecule has 1 saturated heterocycles. The molecule has 10 heteroatoms. The third-order valence-corrected chi connectivity index (χ3v) is 6.67. The Morgan fingerprint density at radius 2 is 1.79 bits per heavy atom. The zero-order valence-corrected chi connectivity index (χ0v) is 16.4. The summed E-state index contributed by atoms with van der Waals surface area (Å²) in [7, 11) is -3.73. The van der Waals surface area contributed by atoms with Crippen molar-refractivity contribution in [1.29, 1.82) is 5.41 Å².